The van der Waals surface area contributed by atoms with Crippen molar-refractivity contribution in [3.63, 3.8) is 0 Å². The number of hydrogen-bond acceptors (Lipinski definition) is 6. The van der Waals surface area contributed by atoms with E-state index in [1.54, 1.807) is 17.0 Å². The molecule has 7 nitrogen and oxygen atoms in total. The maximum atomic E-state index is 13.2. The fraction of sp³-hybridized carbons (Fsp3) is 0.333. The van der Waals surface area contributed by atoms with E-state index in [9.17, 15) is 22.9 Å². The fourth-order valence-electron chi connectivity index (χ4n) is 3.26. The van der Waals surface area contributed by atoms with Crippen LogP contribution in [-0.4, -0.2) is 38.8 Å². The smallest absolute Gasteiger partial charge is 0.311 e. The highest BCUT2D eigenvalue weighted by Gasteiger charge is 2.33. The van der Waals surface area contributed by atoms with Crippen LogP contribution in [-0.2, 0) is 14.6 Å². The molecule has 0 amide bonds. The Morgan fingerprint density at radius 2 is 1.85 bits per heavy atom. The van der Waals surface area contributed by atoms with E-state index in [1.807, 2.05) is 6.92 Å². The summed E-state index contributed by atoms with van der Waals surface area (Å²) in [6.07, 6.45) is 0.272. The summed E-state index contributed by atoms with van der Waals surface area (Å²) in [6, 6.07) is 10.1. The molecule has 9 heteroatoms. The van der Waals surface area contributed by atoms with Gasteiger partial charge in [-0.15, -0.1) is 0 Å². The molecule has 3 rings (SSSR count). The Labute approximate surface area is 156 Å². The van der Waals surface area contributed by atoms with E-state index < -0.39 is 26.6 Å². The number of sulfone groups is 1. The summed E-state index contributed by atoms with van der Waals surface area (Å²) in [5, 5.41) is 11.6. The molecule has 1 aliphatic rings. The first-order chi connectivity index (χ1) is 12.7. The summed E-state index contributed by atoms with van der Waals surface area (Å²) in [5.74, 6) is -0.365. The van der Waals surface area contributed by atoms with Gasteiger partial charge < -0.3 is 9.64 Å². The molecule has 0 spiro atoms. The van der Waals surface area contributed by atoms with Gasteiger partial charge in [0.1, 0.15) is 22.5 Å². The van der Waals surface area contributed by atoms with Crippen molar-refractivity contribution in [2.24, 2.45) is 0 Å². The first-order valence-electron chi connectivity index (χ1n) is 8.30. The van der Waals surface area contributed by atoms with Crippen molar-refractivity contribution in [2.45, 2.75) is 24.0 Å². The zero-order valence-electron chi connectivity index (χ0n) is 14.8. The maximum Gasteiger partial charge on any atom is 0.311 e. The molecule has 2 aromatic carbocycles. The van der Waals surface area contributed by atoms with Crippen LogP contribution in [0, 0.1) is 15.9 Å². The number of morpholine rings is 1. The molecular formula is C18H19FN2O5S. The summed E-state index contributed by atoms with van der Waals surface area (Å²) >= 11 is 0. The van der Waals surface area contributed by atoms with Gasteiger partial charge >= 0.3 is 5.69 Å². The van der Waals surface area contributed by atoms with E-state index in [0.717, 1.165) is 11.8 Å². The van der Waals surface area contributed by atoms with Gasteiger partial charge in [0.25, 0.3) is 0 Å². The van der Waals surface area contributed by atoms with Crippen LogP contribution in [0.5, 0.6) is 0 Å². The molecule has 0 bridgehead atoms. The number of nitro benzene ring substituents is 1. The van der Waals surface area contributed by atoms with Gasteiger partial charge in [0, 0.05) is 19.3 Å². The molecule has 1 aliphatic heterocycles. The summed E-state index contributed by atoms with van der Waals surface area (Å²) < 4.78 is 43.1. The van der Waals surface area contributed by atoms with Crippen molar-refractivity contribution in [1.29, 1.82) is 0 Å². The lowest BCUT2D eigenvalue weighted by Gasteiger charge is -2.38. The SMILES string of the molecule is CC1CN(c2cccc(S(C)(=O)=O)c2[N+](=O)[O-])CC(c2ccc(F)cc2)O1. The number of ether oxygens (including phenoxy) is 1. The summed E-state index contributed by atoms with van der Waals surface area (Å²) in [7, 11) is -3.76. The molecule has 1 saturated heterocycles. The predicted octanol–water partition coefficient (Wildman–Crippen LogP) is 3.10. The van der Waals surface area contributed by atoms with Gasteiger partial charge in [-0.05, 0) is 36.8 Å². The highest BCUT2D eigenvalue weighted by molar-refractivity contribution is 7.90. The van der Waals surface area contributed by atoms with Crippen LogP contribution >= 0.6 is 0 Å². The minimum Gasteiger partial charge on any atom is -0.367 e. The van der Waals surface area contributed by atoms with Crippen LogP contribution in [0.25, 0.3) is 0 Å². The Morgan fingerprint density at radius 1 is 1.19 bits per heavy atom. The largest absolute Gasteiger partial charge is 0.367 e. The minimum absolute atomic E-state index is 0.227. The quantitative estimate of drug-likeness (QED) is 0.585. The molecular weight excluding hydrogens is 375 g/mol. The second-order valence-corrected chi connectivity index (χ2v) is 8.53. The van der Waals surface area contributed by atoms with E-state index in [2.05, 4.69) is 0 Å². The van der Waals surface area contributed by atoms with Gasteiger partial charge in [-0.25, -0.2) is 12.8 Å². The molecule has 0 aromatic heterocycles. The fourth-order valence-corrected chi connectivity index (χ4v) is 4.11. The van der Waals surface area contributed by atoms with Crippen LogP contribution in [0.1, 0.15) is 18.6 Å². The zero-order valence-corrected chi connectivity index (χ0v) is 15.6. The standard InChI is InChI=1S/C18H19FN2O5S/c1-12-10-20(11-16(26-12)13-6-8-14(19)9-7-13)15-4-3-5-17(27(2,24)25)18(15)21(22)23/h3-9,12,16H,10-11H2,1-2H3. The lowest BCUT2D eigenvalue weighted by molar-refractivity contribution is -0.387. The number of nitro groups is 1. The van der Waals surface area contributed by atoms with Gasteiger partial charge in [0.15, 0.2) is 9.84 Å². The minimum atomic E-state index is -3.76. The average Bonchev–Trinajstić information content (AvgIpc) is 2.60. The summed E-state index contributed by atoms with van der Waals surface area (Å²) in [4.78, 5) is 12.4. The Morgan fingerprint density at radius 3 is 2.44 bits per heavy atom. The summed E-state index contributed by atoms with van der Waals surface area (Å²) in [6.45, 7) is 2.48. The van der Waals surface area contributed by atoms with Crippen molar-refractivity contribution in [3.05, 3.63) is 64.0 Å². The van der Waals surface area contributed by atoms with Gasteiger partial charge in [-0.2, -0.15) is 0 Å². The van der Waals surface area contributed by atoms with Gasteiger partial charge in [0.2, 0.25) is 0 Å². The molecule has 144 valence electrons. The van der Waals surface area contributed by atoms with E-state index in [0.29, 0.717) is 6.54 Å². The number of nitrogens with zero attached hydrogens (tertiary/aromatic N) is 2. The first kappa shape index (κ1) is 19.2. The lowest BCUT2D eigenvalue weighted by Crippen LogP contribution is -2.43. The Bertz CT molecular complexity index is 962. The molecule has 1 heterocycles. The van der Waals surface area contributed by atoms with E-state index in [4.69, 9.17) is 4.74 Å². The van der Waals surface area contributed by atoms with Crippen molar-refractivity contribution in [3.8, 4) is 0 Å². The Hall–Kier alpha value is -2.52. The molecule has 0 N–H and O–H groups in total. The number of benzene rings is 2. The normalized spacial score (nSPS) is 20.5. The van der Waals surface area contributed by atoms with Gasteiger partial charge in [-0.3, -0.25) is 10.1 Å². The third kappa shape index (κ3) is 4.09. The number of rotatable bonds is 4. The molecule has 27 heavy (non-hydrogen) atoms. The van der Waals surface area contributed by atoms with Crippen LogP contribution in [0.4, 0.5) is 15.8 Å². The average molecular weight is 394 g/mol. The molecule has 1 fully saturated rings. The van der Waals surface area contributed by atoms with Crippen LogP contribution in [0.15, 0.2) is 47.4 Å². The third-order valence-electron chi connectivity index (χ3n) is 4.40. The van der Waals surface area contributed by atoms with E-state index >= 15 is 0 Å². The lowest BCUT2D eigenvalue weighted by atomic mass is 10.1. The number of anilines is 1. The number of hydrogen-bond donors (Lipinski definition) is 0. The molecule has 2 unspecified atom stereocenters. The van der Waals surface area contributed by atoms with Crippen LogP contribution in [0.2, 0.25) is 0 Å². The number of para-hydroxylation sites is 1. The van der Waals surface area contributed by atoms with Crippen molar-refractivity contribution < 1.29 is 22.5 Å². The van der Waals surface area contributed by atoms with E-state index in [1.165, 1.54) is 30.3 Å². The number of halogens is 1. The predicted molar refractivity (Wildman–Crippen MR) is 98.1 cm³/mol. The van der Waals surface area contributed by atoms with Gasteiger partial charge in [0.05, 0.1) is 11.0 Å². The molecule has 0 saturated carbocycles. The molecule has 2 aromatic rings. The monoisotopic (exact) mass is 394 g/mol. The highest BCUT2D eigenvalue weighted by Crippen LogP contribution is 2.37. The van der Waals surface area contributed by atoms with Crippen LogP contribution < -0.4 is 4.90 Å². The molecule has 0 aliphatic carbocycles. The van der Waals surface area contributed by atoms with E-state index in [-0.39, 0.29) is 29.0 Å². The molecule has 0 radical (unpaired) electrons. The summed E-state index contributed by atoms with van der Waals surface area (Å²) in [5.41, 5.74) is 0.534. The second-order valence-electron chi connectivity index (χ2n) is 6.55. The van der Waals surface area contributed by atoms with Crippen molar-refractivity contribution in [2.75, 3.05) is 24.2 Å². The van der Waals surface area contributed by atoms with Gasteiger partial charge in [-0.1, -0.05) is 18.2 Å². The third-order valence-corrected chi connectivity index (χ3v) is 5.53. The molecule has 2 atom stereocenters. The Balaban J connectivity index is 2.02. The Kier molecular flexibility index (Phi) is 5.16. The zero-order chi connectivity index (χ0) is 19.8. The first-order valence-corrected chi connectivity index (χ1v) is 10.2. The van der Waals surface area contributed by atoms with Crippen LogP contribution in [0.3, 0.4) is 0 Å². The van der Waals surface area contributed by atoms with Crippen molar-refractivity contribution >= 4 is 21.2 Å². The second kappa shape index (κ2) is 7.24. The topological polar surface area (TPSA) is 89.8 Å². The maximum absolute atomic E-state index is 13.2. The van der Waals surface area contributed by atoms with Crippen molar-refractivity contribution in [1.82, 2.24) is 0 Å². The highest BCUT2D eigenvalue weighted by atomic mass is 32.2.